The van der Waals surface area contributed by atoms with Crippen molar-refractivity contribution in [1.29, 1.82) is 0 Å². The van der Waals surface area contributed by atoms with E-state index in [2.05, 4.69) is 20.5 Å². The van der Waals surface area contributed by atoms with Crippen molar-refractivity contribution in [2.75, 3.05) is 18.0 Å². The summed E-state index contributed by atoms with van der Waals surface area (Å²) in [6, 6.07) is 4.48. The van der Waals surface area contributed by atoms with Crippen LogP contribution < -0.4 is 10.2 Å². The van der Waals surface area contributed by atoms with E-state index in [1.807, 2.05) is 10.8 Å². The molecule has 0 bridgehead atoms. The fourth-order valence-corrected chi connectivity index (χ4v) is 3.78. The number of carbonyl (C=O) groups excluding carboxylic acids is 2. The summed E-state index contributed by atoms with van der Waals surface area (Å²) in [5.74, 6) is -0.717. The van der Waals surface area contributed by atoms with Gasteiger partial charge in [-0.25, -0.2) is 14.2 Å². The van der Waals surface area contributed by atoms with Crippen molar-refractivity contribution in [3.05, 3.63) is 47.7 Å². The number of imidazole rings is 1. The molecule has 1 aliphatic heterocycles. The number of aromatic nitrogens is 4. The number of cyclic esters (lactones) is 1. The first-order valence-corrected chi connectivity index (χ1v) is 9.62. The van der Waals surface area contributed by atoms with Gasteiger partial charge in [-0.15, -0.1) is 10.2 Å². The van der Waals surface area contributed by atoms with Crippen LogP contribution in [-0.4, -0.2) is 50.9 Å². The Kier molecular flexibility index (Phi) is 5.21. The number of hydrogen-bond donors (Lipinski definition) is 1. The summed E-state index contributed by atoms with van der Waals surface area (Å²) in [4.78, 5) is 28.4. The molecule has 3 heterocycles. The molecule has 0 aliphatic carbocycles. The Morgan fingerprint density at radius 3 is 3.00 bits per heavy atom. The van der Waals surface area contributed by atoms with Crippen LogP contribution in [0.4, 0.5) is 14.9 Å². The molecule has 2 aromatic heterocycles. The first kappa shape index (κ1) is 19.0. The molecule has 9 nitrogen and oxygen atoms in total. The monoisotopic (exact) mass is 416 g/mol. The van der Waals surface area contributed by atoms with Crippen LogP contribution in [0, 0.1) is 5.82 Å². The molecule has 1 atom stereocenters. The minimum absolute atomic E-state index is 0.209. The number of ether oxygens (including phenoxy) is 1. The number of hydrogen-bond acceptors (Lipinski definition) is 7. The first-order valence-electron chi connectivity index (χ1n) is 8.80. The zero-order valence-electron chi connectivity index (χ0n) is 15.4. The third-order valence-electron chi connectivity index (χ3n) is 4.29. The fraction of sp³-hybridized carbons (Fsp3) is 0.278. The quantitative estimate of drug-likeness (QED) is 0.660. The molecule has 0 saturated carbocycles. The summed E-state index contributed by atoms with van der Waals surface area (Å²) in [6.45, 7) is 2.33. The number of amides is 2. The van der Waals surface area contributed by atoms with Gasteiger partial charge in [0, 0.05) is 24.9 Å². The number of carbonyl (C=O) groups is 2. The largest absolute Gasteiger partial charge is 0.442 e. The SMILES string of the molecule is CC(=O)NC[C@H]1CN(c2ccc(-c3nnc(Cn4ccnc4)s3)c(F)c2)C(=O)O1. The lowest BCUT2D eigenvalue weighted by molar-refractivity contribution is -0.119. The van der Waals surface area contributed by atoms with Gasteiger partial charge in [0.25, 0.3) is 0 Å². The Labute approximate surface area is 169 Å². The summed E-state index contributed by atoms with van der Waals surface area (Å²) >= 11 is 1.29. The second-order valence-corrected chi connectivity index (χ2v) is 7.52. The Morgan fingerprint density at radius 1 is 1.41 bits per heavy atom. The molecule has 4 rings (SSSR count). The average molecular weight is 416 g/mol. The normalized spacial score (nSPS) is 16.1. The maximum atomic E-state index is 14.7. The molecule has 0 radical (unpaired) electrons. The average Bonchev–Trinajstić information content (AvgIpc) is 3.42. The minimum Gasteiger partial charge on any atom is -0.442 e. The Balaban J connectivity index is 1.48. The van der Waals surface area contributed by atoms with Crippen molar-refractivity contribution in [3.63, 3.8) is 0 Å². The van der Waals surface area contributed by atoms with Gasteiger partial charge in [-0.2, -0.15) is 0 Å². The van der Waals surface area contributed by atoms with E-state index in [1.165, 1.54) is 29.2 Å². The highest BCUT2D eigenvalue weighted by molar-refractivity contribution is 7.14. The molecule has 0 unspecified atom stereocenters. The molecule has 150 valence electrons. The van der Waals surface area contributed by atoms with Crippen molar-refractivity contribution in [1.82, 2.24) is 25.1 Å². The van der Waals surface area contributed by atoms with Gasteiger partial charge in [-0.1, -0.05) is 11.3 Å². The highest BCUT2D eigenvalue weighted by Gasteiger charge is 2.32. The number of rotatable bonds is 6. The summed E-state index contributed by atoms with van der Waals surface area (Å²) in [5, 5.41) is 12.0. The van der Waals surface area contributed by atoms with Gasteiger partial charge in [0.15, 0.2) is 5.01 Å². The van der Waals surface area contributed by atoms with Gasteiger partial charge in [0.1, 0.15) is 16.9 Å². The van der Waals surface area contributed by atoms with E-state index in [9.17, 15) is 14.0 Å². The molecule has 1 saturated heterocycles. The molecule has 1 aliphatic rings. The molecule has 3 aromatic rings. The molecule has 0 spiro atoms. The lowest BCUT2D eigenvalue weighted by Crippen LogP contribution is -2.33. The lowest BCUT2D eigenvalue weighted by atomic mass is 10.2. The van der Waals surface area contributed by atoms with Crippen LogP contribution in [-0.2, 0) is 16.1 Å². The van der Waals surface area contributed by atoms with Crippen LogP contribution in [0.25, 0.3) is 10.6 Å². The van der Waals surface area contributed by atoms with E-state index in [4.69, 9.17) is 4.74 Å². The molecule has 29 heavy (non-hydrogen) atoms. The summed E-state index contributed by atoms with van der Waals surface area (Å²) in [7, 11) is 0. The van der Waals surface area contributed by atoms with E-state index in [0.29, 0.717) is 22.8 Å². The van der Waals surface area contributed by atoms with Crippen molar-refractivity contribution < 1.29 is 18.7 Å². The van der Waals surface area contributed by atoms with Crippen LogP contribution in [0.2, 0.25) is 0 Å². The van der Waals surface area contributed by atoms with E-state index in [1.54, 1.807) is 24.7 Å². The predicted molar refractivity (Wildman–Crippen MR) is 103 cm³/mol. The lowest BCUT2D eigenvalue weighted by Gasteiger charge is -2.14. The third kappa shape index (κ3) is 4.24. The van der Waals surface area contributed by atoms with Gasteiger partial charge >= 0.3 is 6.09 Å². The van der Waals surface area contributed by atoms with Crippen LogP contribution in [0.15, 0.2) is 36.9 Å². The van der Waals surface area contributed by atoms with Gasteiger partial charge in [-0.3, -0.25) is 9.69 Å². The van der Waals surface area contributed by atoms with Crippen molar-refractivity contribution >= 4 is 29.0 Å². The Bertz CT molecular complexity index is 1040. The van der Waals surface area contributed by atoms with Gasteiger partial charge < -0.3 is 14.6 Å². The summed E-state index contributed by atoms with van der Waals surface area (Å²) in [6.07, 6.45) is 4.09. The van der Waals surface area contributed by atoms with E-state index < -0.39 is 18.0 Å². The maximum absolute atomic E-state index is 14.7. The number of nitrogens with zero attached hydrogens (tertiary/aromatic N) is 5. The molecule has 11 heteroatoms. The standard InChI is InChI=1S/C18H17FN6O3S/c1-11(26)21-7-13-8-25(18(27)28-13)12-2-3-14(15(19)6-12)17-23-22-16(29-17)9-24-5-4-20-10-24/h2-6,10,13H,7-9H2,1H3,(H,21,26)/t13-/m0/s1. The first-order chi connectivity index (χ1) is 14.0. The zero-order chi connectivity index (χ0) is 20.4. The molecule has 1 aromatic carbocycles. The number of halogens is 1. The van der Waals surface area contributed by atoms with E-state index in [0.717, 1.165) is 5.01 Å². The summed E-state index contributed by atoms with van der Waals surface area (Å²) < 4.78 is 21.8. The topological polar surface area (TPSA) is 102 Å². The highest BCUT2D eigenvalue weighted by Crippen LogP contribution is 2.30. The minimum atomic E-state index is -0.578. The van der Waals surface area contributed by atoms with E-state index >= 15 is 0 Å². The zero-order valence-corrected chi connectivity index (χ0v) is 16.2. The van der Waals surface area contributed by atoms with Crippen LogP contribution in [0.5, 0.6) is 0 Å². The number of nitrogens with one attached hydrogen (secondary N) is 1. The van der Waals surface area contributed by atoms with Crippen molar-refractivity contribution in [2.24, 2.45) is 0 Å². The van der Waals surface area contributed by atoms with Crippen molar-refractivity contribution in [2.45, 2.75) is 19.6 Å². The Morgan fingerprint density at radius 2 is 2.28 bits per heavy atom. The fourth-order valence-electron chi connectivity index (χ4n) is 2.90. The molecule has 1 fully saturated rings. The predicted octanol–water partition coefficient (Wildman–Crippen LogP) is 2.05. The molecule has 1 N–H and O–H groups in total. The van der Waals surface area contributed by atoms with E-state index in [-0.39, 0.29) is 19.0 Å². The second kappa shape index (κ2) is 7.95. The number of anilines is 1. The van der Waals surface area contributed by atoms with Crippen LogP contribution in [0.1, 0.15) is 11.9 Å². The smallest absolute Gasteiger partial charge is 0.414 e. The van der Waals surface area contributed by atoms with Crippen molar-refractivity contribution in [3.8, 4) is 10.6 Å². The molecular weight excluding hydrogens is 399 g/mol. The Hall–Kier alpha value is -3.34. The van der Waals surface area contributed by atoms with Crippen LogP contribution >= 0.6 is 11.3 Å². The van der Waals surface area contributed by atoms with Gasteiger partial charge in [0.05, 0.1) is 31.6 Å². The molecule has 2 amide bonds. The molecular formula is C18H17FN6O3S. The maximum Gasteiger partial charge on any atom is 0.414 e. The van der Waals surface area contributed by atoms with Gasteiger partial charge in [0.2, 0.25) is 5.91 Å². The van der Waals surface area contributed by atoms with Crippen LogP contribution in [0.3, 0.4) is 0 Å². The van der Waals surface area contributed by atoms with Gasteiger partial charge in [-0.05, 0) is 18.2 Å². The third-order valence-corrected chi connectivity index (χ3v) is 5.23. The number of benzene rings is 1. The second-order valence-electron chi connectivity index (χ2n) is 6.45. The summed E-state index contributed by atoms with van der Waals surface area (Å²) in [5.41, 5.74) is 0.690. The highest BCUT2D eigenvalue weighted by atomic mass is 32.1.